The van der Waals surface area contributed by atoms with Gasteiger partial charge >= 0.3 is 6.03 Å². The molecule has 0 aromatic heterocycles. The van der Waals surface area contributed by atoms with Crippen molar-refractivity contribution in [1.82, 2.24) is 5.32 Å². The molecule has 0 atom stereocenters. The standard InChI is InChI=1S/C19H27N3O2/c1-14(2)13-15-7-10-21(11-8-15)16-3-5-17(6-4-16)22-12-9-18(23)20-19(22)24/h3-6,14-15H,7-13H2,1-2H3,(H,20,23,24). The molecule has 2 aliphatic rings. The van der Waals surface area contributed by atoms with Crippen molar-refractivity contribution in [3.8, 4) is 0 Å². The number of hydrogen-bond donors (Lipinski definition) is 1. The summed E-state index contributed by atoms with van der Waals surface area (Å²) in [6.45, 7) is 7.26. The van der Waals surface area contributed by atoms with Crippen LogP contribution >= 0.6 is 0 Å². The molecule has 1 N–H and O–H groups in total. The average Bonchev–Trinajstić information content (AvgIpc) is 2.55. The summed E-state index contributed by atoms with van der Waals surface area (Å²) in [5.74, 6) is 1.44. The highest BCUT2D eigenvalue weighted by molar-refractivity contribution is 6.05. The fourth-order valence-electron chi connectivity index (χ4n) is 3.75. The van der Waals surface area contributed by atoms with Gasteiger partial charge in [-0.2, -0.15) is 0 Å². The summed E-state index contributed by atoms with van der Waals surface area (Å²) in [5.41, 5.74) is 2.06. The third-order valence-corrected chi connectivity index (χ3v) is 5.00. The Hall–Kier alpha value is -2.04. The van der Waals surface area contributed by atoms with E-state index in [4.69, 9.17) is 0 Å². The molecular weight excluding hydrogens is 302 g/mol. The maximum absolute atomic E-state index is 11.9. The lowest BCUT2D eigenvalue weighted by Crippen LogP contribution is -2.49. The molecule has 24 heavy (non-hydrogen) atoms. The Morgan fingerprint density at radius 2 is 1.67 bits per heavy atom. The van der Waals surface area contributed by atoms with E-state index in [1.165, 1.54) is 24.9 Å². The quantitative estimate of drug-likeness (QED) is 0.921. The van der Waals surface area contributed by atoms with Crippen LogP contribution in [0.3, 0.4) is 0 Å². The molecule has 1 aromatic carbocycles. The molecule has 2 aliphatic heterocycles. The molecular formula is C19H27N3O2. The largest absolute Gasteiger partial charge is 0.372 e. The summed E-state index contributed by atoms with van der Waals surface area (Å²) in [4.78, 5) is 27.2. The molecule has 1 aromatic rings. The summed E-state index contributed by atoms with van der Waals surface area (Å²) < 4.78 is 0. The van der Waals surface area contributed by atoms with E-state index in [2.05, 4.69) is 36.2 Å². The zero-order chi connectivity index (χ0) is 17.1. The first kappa shape index (κ1) is 16.8. The molecule has 5 heteroatoms. The normalized spacial score (nSPS) is 19.8. The Bertz CT molecular complexity index is 589. The number of rotatable bonds is 4. The van der Waals surface area contributed by atoms with E-state index in [0.29, 0.717) is 13.0 Å². The molecule has 5 nitrogen and oxygen atoms in total. The van der Waals surface area contributed by atoms with E-state index in [1.807, 2.05) is 12.1 Å². The van der Waals surface area contributed by atoms with Crippen molar-refractivity contribution in [2.75, 3.05) is 29.4 Å². The summed E-state index contributed by atoms with van der Waals surface area (Å²) in [6, 6.07) is 7.80. The highest BCUT2D eigenvalue weighted by Crippen LogP contribution is 2.29. The highest BCUT2D eigenvalue weighted by atomic mass is 16.2. The van der Waals surface area contributed by atoms with Crippen LogP contribution in [0.4, 0.5) is 16.2 Å². The first-order valence-electron chi connectivity index (χ1n) is 8.99. The van der Waals surface area contributed by atoms with Crippen LogP contribution in [0.1, 0.15) is 39.5 Å². The van der Waals surface area contributed by atoms with Gasteiger partial charge in [-0.1, -0.05) is 13.8 Å². The van der Waals surface area contributed by atoms with Crippen LogP contribution in [0.2, 0.25) is 0 Å². The van der Waals surface area contributed by atoms with Gasteiger partial charge in [-0.25, -0.2) is 4.79 Å². The fourth-order valence-corrected chi connectivity index (χ4v) is 3.75. The Morgan fingerprint density at radius 1 is 1.04 bits per heavy atom. The molecule has 0 spiro atoms. The zero-order valence-corrected chi connectivity index (χ0v) is 14.6. The minimum atomic E-state index is -0.325. The van der Waals surface area contributed by atoms with Gasteiger partial charge < -0.3 is 4.90 Å². The minimum Gasteiger partial charge on any atom is -0.372 e. The molecule has 0 unspecified atom stereocenters. The van der Waals surface area contributed by atoms with Crippen molar-refractivity contribution in [1.29, 1.82) is 0 Å². The number of imide groups is 1. The van der Waals surface area contributed by atoms with Crippen LogP contribution in [0.5, 0.6) is 0 Å². The second-order valence-electron chi connectivity index (χ2n) is 7.33. The van der Waals surface area contributed by atoms with Crippen LogP contribution in [0, 0.1) is 11.8 Å². The molecule has 3 rings (SSSR count). The number of hydrogen-bond acceptors (Lipinski definition) is 3. The second-order valence-corrected chi connectivity index (χ2v) is 7.33. The van der Waals surface area contributed by atoms with Crippen LogP contribution in [-0.2, 0) is 4.79 Å². The first-order chi connectivity index (χ1) is 11.5. The van der Waals surface area contributed by atoms with E-state index >= 15 is 0 Å². The van der Waals surface area contributed by atoms with E-state index in [-0.39, 0.29) is 11.9 Å². The number of urea groups is 1. The first-order valence-corrected chi connectivity index (χ1v) is 8.99. The number of carbonyl (C=O) groups is 2. The van der Waals surface area contributed by atoms with Gasteiger partial charge in [-0.05, 0) is 55.4 Å². The molecule has 0 bridgehead atoms. The highest BCUT2D eigenvalue weighted by Gasteiger charge is 2.24. The second kappa shape index (κ2) is 7.24. The maximum atomic E-state index is 11.9. The van der Waals surface area contributed by atoms with Gasteiger partial charge in [0.15, 0.2) is 0 Å². The van der Waals surface area contributed by atoms with Crippen LogP contribution < -0.4 is 15.1 Å². The third kappa shape index (κ3) is 3.89. The summed E-state index contributed by atoms with van der Waals surface area (Å²) in [7, 11) is 0. The Labute approximate surface area is 144 Å². The van der Waals surface area contributed by atoms with Crippen molar-refractivity contribution in [2.45, 2.75) is 39.5 Å². The maximum Gasteiger partial charge on any atom is 0.328 e. The van der Waals surface area contributed by atoms with Gasteiger partial charge in [0.25, 0.3) is 0 Å². The van der Waals surface area contributed by atoms with Crippen molar-refractivity contribution in [3.63, 3.8) is 0 Å². The molecule has 0 aliphatic carbocycles. The van der Waals surface area contributed by atoms with E-state index in [0.717, 1.165) is 30.6 Å². The van der Waals surface area contributed by atoms with E-state index in [9.17, 15) is 9.59 Å². The molecule has 2 heterocycles. The van der Waals surface area contributed by atoms with Gasteiger partial charge in [0.05, 0.1) is 0 Å². The lowest BCUT2D eigenvalue weighted by Gasteiger charge is -2.34. The van der Waals surface area contributed by atoms with Gasteiger partial charge in [0.2, 0.25) is 5.91 Å². The van der Waals surface area contributed by atoms with Crippen LogP contribution in [-0.4, -0.2) is 31.6 Å². The third-order valence-electron chi connectivity index (χ3n) is 5.00. The molecule has 3 amide bonds. The van der Waals surface area contributed by atoms with Gasteiger partial charge in [-0.15, -0.1) is 0 Å². The predicted octanol–water partition coefficient (Wildman–Crippen LogP) is 3.40. The minimum absolute atomic E-state index is 0.197. The lowest BCUT2D eigenvalue weighted by molar-refractivity contribution is -0.120. The number of anilines is 2. The number of piperidine rings is 1. The number of carbonyl (C=O) groups excluding carboxylic acids is 2. The van der Waals surface area contributed by atoms with Gasteiger partial charge in [0.1, 0.15) is 0 Å². The lowest BCUT2D eigenvalue weighted by atomic mass is 9.88. The number of amides is 3. The smallest absolute Gasteiger partial charge is 0.328 e. The molecule has 0 saturated carbocycles. The summed E-state index contributed by atoms with van der Waals surface area (Å²) >= 11 is 0. The predicted molar refractivity (Wildman–Crippen MR) is 96.3 cm³/mol. The van der Waals surface area contributed by atoms with Crippen LogP contribution in [0.15, 0.2) is 24.3 Å². The number of benzene rings is 1. The van der Waals surface area contributed by atoms with Crippen molar-refractivity contribution in [2.24, 2.45) is 11.8 Å². The topological polar surface area (TPSA) is 52.6 Å². The zero-order valence-electron chi connectivity index (χ0n) is 14.6. The monoisotopic (exact) mass is 329 g/mol. The van der Waals surface area contributed by atoms with Gasteiger partial charge in [0, 0.05) is 37.4 Å². The Morgan fingerprint density at radius 3 is 2.25 bits per heavy atom. The molecule has 2 saturated heterocycles. The van der Waals surface area contributed by atoms with E-state index < -0.39 is 0 Å². The van der Waals surface area contributed by atoms with Crippen molar-refractivity contribution in [3.05, 3.63) is 24.3 Å². The molecule has 130 valence electrons. The number of nitrogens with one attached hydrogen (secondary N) is 1. The molecule has 0 radical (unpaired) electrons. The van der Waals surface area contributed by atoms with Crippen molar-refractivity contribution < 1.29 is 9.59 Å². The molecule has 2 fully saturated rings. The van der Waals surface area contributed by atoms with Crippen molar-refractivity contribution >= 4 is 23.3 Å². The van der Waals surface area contributed by atoms with E-state index in [1.54, 1.807) is 4.90 Å². The number of nitrogens with zero attached hydrogens (tertiary/aromatic N) is 2. The SMILES string of the molecule is CC(C)CC1CCN(c2ccc(N3CCC(=O)NC3=O)cc2)CC1. The summed E-state index contributed by atoms with van der Waals surface area (Å²) in [6.07, 6.45) is 4.21. The Balaban J connectivity index is 1.59. The van der Waals surface area contributed by atoms with Crippen LogP contribution in [0.25, 0.3) is 0 Å². The Kier molecular flexibility index (Phi) is 5.07. The summed E-state index contributed by atoms with van der Waals surface area (Å²) in [5, 5.41) is 2.36. The fraction of sp³-hybridized carbons (Fsp3) is 0.579. The van der Waals surface area contributed by atoms with Gasteiger partial charge in [-0.3, -0.25) is 15.0 Å². The average molecular weight is 329 g/mol.